The topological polar surface area (TPSA) is 41.0 Å². The van der Waals surface area contributed by atoms with E-state index < -0.39 is 0 Å². The van der Waals surface area contributed by atoms with Gasteiger partial charge in [0.15, 0.2) is 0 Å². The summed E-state index contributed by atoms with van der Waals surface area (Å²) in [4.78, 5) is 11.1. The first-order valence-corrected chi connectivity index (χ1v) is 8.08. The van der Waals surface area contributed by atoms with E-state index in [0.717, 1.165) is 24.7 Å². The molecule has 0 spiro atoms. The summed E-state index contributed by atoms with van der Waals surface area (Å²) in [6.07, 6.45) is 4.16. The summed E-state index contributed by atoms with van der Waals surface area (Å²) in [6, 6.07) is 8.49. The molecule has 1 fully saturated rings. The summed E-state index contributed by atoms with van der Waals surface area (Å²) in [6.45, 7) is 8.76. The first-order chi connectivity index (χ1) is 10.6. The molecule has 0 unspecified atom stereocenters. The van der Waals surface area contributed by atoms with Gasteiger partial charge in [0.25, 0.3) is 0 Å². The zero-order chi connectivity index (χ0) is 15.5. The Morgan fingerprint density at radius 1 is 1.14 bits per heavy atom. The standard InChI is InChI=1S/C18H24N4/c1-13(2)15-8-6-7-14(3)18(15)21-16-11-17(20-12-19-16)22-9-4-5-10-22/h6-8,11-13H,4-5,9-10H2,1-3H3,(H,19,20,21). The van der Waals surface area contributed by atoms with Crippen LogP contribution in [0.15, 0.2) is 30.6 Å². The summed E-state index contributed by atoms with van der Waals surface area (Å²) >= 11 is 0. The molecule has 1 aromatic carbocycles. The fraction of sp³-hybridized carbons (Fsp3) is 0.444. The average Bonchev–Trinajstić information content (AvgIpc) is 3.04. The van der Waals surface area contributed by atoms with E-state index in [1.165, 1.54) is 29.7 Å². The lowest BCUT2D eigenvalue weighted by molar-refractivity contribution is 0.867. The zero-order valence-corrected chi connectivity index (χ0v) is 13.6. The maximum absolute atomic E-state index is 4.42. The number of aromatic nitrogens is 2. The lowest BCUT2D eigenvalue weighted by Crippen LogP contribution is -2.19. The van der Waals surface area contributed by atoms with Crippen molar-refractivity contribution in [2.45, 2.75) is 39.5 Å². The van der Waals surface area contributed by atoms with Crippen LogP contribution in [0.3, 0.4) is 0 Å². The van der Waals surface area contributed by atoms with Crippen molar-refractivity contribution in [2.75, 3.05) is 23.3 Å². The van der Waals surface area contributed by atoms with E-state index in [1.54, 1.807) is 6.33 Å². The quantitative estimate of drug-likeness (QED) is 0.915. The summed E-state index contributed by atoms with van der Waals surface area (Å²) in [7, 11) is 0. The predicted octanol–water partition coefficient (Wildman–Crippen LogP) is 4.25. The highest BCUT2D eigenvalue weighted by molar-refractivity contribution is 5.67. The van der Waals surface area contributed by atoms with Crippen LogP contribution < -0.4 is 10.2 Å². The maximum Gasteiger partial charge on any atom is 0.135 e. The van der Waals surface area contributed by atoms with E-state index >= 15 is 0 Å². The van der Waals surface area contributed by atoms with Crippen LogP contribution in [0.4, 0.5) is 17.3 Å². The van der Waals surface area contributed by atoms with Crippen LogP contribution in [0.2, 0.25) is 0 Å². The van der Waals surface area contributed by atoms with Gasteiger partial charge in [0.1, 0.15) is 18.0 Å². The number of hydrogen-bond donors (Lipinski definition) is 1. The van der Waals surface area contributed by atoms with E-state index in [4.69, 9.17) is 0 Å². The van der Waals surface area contributed by atoms with Crippen LogP contribution in [0.5, 0.6) is 0 Å². The molecule has 0 amide bonds. The van der Waals surface area contributed by atoms with Gasteiger partial charge < -0.3 is 10.2 Å². The number of anilines is 3. The Kier molecular flexibility index (Phi) is 4.27. The summed E-state index contributed by atoms with van der Waals surface area (Å²) in [5.74, 6) is 2.37. The summed E-state index contributed by atoms with van der Waals surface area (Å²) in [5.41, 5.74) is 3.73. The third-order valence-electron chi connectivity index (χ3n) is 4.26. The van der Waals surface area contributed by atoms with E-state index in [0.29, 0.717) is 5.92 Å². The largest absolute Gasteiger partial charge is 0.356 e. The third kappa shape index (κ3) is 3.06. The number of benzene rings is 1. The molecular weight excluding hydrogens is 272 g/mol. The highest BCUT2D eigenvalue weighted by Crippen LogP contribution is 2.30. The molecule has 1 saturated heterocycles. The first-order valence-electron chi connectivity index (χ1n) is 8.08. The fourth-order valence-electron chi connectivity index (χ4n) is 3.00. The predicted molar refractivity (Wildman–Crippen MR) is 92.0 cm³/mol. The minimum absolute atomic E-state index is 0.474. The number of rotatable bonds is 4. The van der Waals surface area contributed by atoms with E-state index in [9.17, 15) is 0 Å². The molecule has 0 aliphatic carbocycles. The molecule has 2 aromatic rings. The van der Waals surface area contributed by atoms with Crippen molar-refractivity contribution < 1.29 is 0 Å². The number of para-hydroxylation sites is 1. The second-order valence-electron chi connectivity index (χ2n) is 6.27. The molecule has 2 heterocycles. The minimum atomic E-state index is 0.474. The van der Waals surface area contributed by atoms with Gasteiger partial charge in [-0.15, -0.1) is 0 Å². The zero-order valence-electron chi connectivity index (χ0n) is 13.6. The van der Waals surface area contributed by atoms with Crippen molar-refractivity contribution in [3.05, 3.63) is 41.7 Å². The average molecular weight is 296 g/mol. The summed E-state index contributed by atoms with van der Waals surface area (Å²) in [5, 5.41) is 3.51. The molecule has 3 rings (SSSR count). The van der Waals surface area contributed by atoms with E-state index in [1.807, 2.05) is 0 Å². The molecule has 1 N–H and O–H groups in total. The highest BCUT2D eigenvalue weighted by atomic mass is 15.2. The van der Waals surface area contributed by atoms with Gasteiger partial charge in [0.2, 0.25) is 0 Å². The van der Waals surface area contributed by atoms with Gasteiger partial charge >= 0.3 is 0 Å². The third-order valence-corrected chi connectivity index (χ3v) is 4.26. The monoisotopic (exact) mass is 296 g/mol. The molecule has 116 valence electrons. The van der Waals surface area contributed by atoms with Crippen molar-refractivity contribution in [3.8, 4) is 0 Å². The Morgan fingerprint density at radius 2 is 1.91 bits per heavy atom. The van der Waals surface area contributed by atoms with E-state index in [2.05, 4.69) is 65.2 Å². The number of nitrogens with one attached hydrogen (secondary N) is 1. The van der Waals surface area contributed by atoms with Crippen molar-refractivity contribution in [1.29, 1.82) is 0 Å². The lowest BCUT2D eigenvalue weighted by atomic mass is 9.98. The highest BCUT2D eigenvalue weighted by Gasteiger charge is 2.15. The number of aryl methyl sites for hydroxylation is 1. The van der Waals surface area contributed by atoms with Gasteiger partial charge in [-0.25, -0.2) is 9.97 Å². The van der Waals surface area contributed by atoms with Crippen LogP contribution in [0.25, 0.3) is 0 Å². The fourth-order valence-corrected chi connectivity index (χ4v) is 3.00. The second kappa shape index (κ2) is 6.34. The van der Waals surface area contributed by atoms with Gasteiger partial charge in [-0.1, -0.05) is 32.0 Å². The molecular formula is C18H24N4. The maximum atomic E-state index is 4.42. The Balaban J connectivity index is 1.89. The molecule has 4 nitrogen and oxygen atoms in total. The van der Waals surface area contributed by atoms with Crippen molar-refractivity contribution in [2.24, 2.45) is 0 Å². The first kappa shape index (κ1) is 14.8. The van der Waals surface area contributed by atoms with Crippen molar-refractivity contribution in [1.82, 2.24) is 9.97 Å². The van der Waals surface area contributed by atoms with Crippen molar-refractivity contribution in [3.63, 3.8) is 0 Å². The molecule has 0 radical (unpaired) electrons. The van der Waals surface area contributed by atoms with Crippen LogP contribution in [0.1, 0.15) is 43.7 Å². The van der Waals surface area contributed by atoms with Crippen LogP contribution in [-0.2, 0) is 0 Å². The molecule has 1 aliphatic heterocycles. The number of nitrogens with zero attached hydrogens (tertiary/aromatic N) is 3. The Labute approximate surface area is 132 Å². The molecule has 4 heteroatoms. The lowest BCUT2D eigenvalue weighted by Gasteiger charge is -2.19. The Hall–Kier alpha value is -2.10. The van der Waals surface area contributed by atoms with Gasteiger partial charge in [-0.05, 0) is 36.8 Å². The summed E-state index contributed by atoms with van der Waals surface area (Å²) < 4.78 is 0. The van der Waals surface area contributed by atoms with Gasteiger partial charge in [-0.2, -0.15) is 0 Å². The Bertz CT molecular complexity index is 645. The van der Waals surface area contributed by atoms with Gasteiger partial charge in [-0.3, -0.25) is 0 Å². The molecule has 0 saturated carbocycles. The van der Waals surface area contributed by atoms with Gasteiger partial charge in [0.05, 0.1) is 0 Å². The van der Waals surface area contributed by atoms with Crippen LogP contribution in [0, 0.1) is 6.92 Å². The molecule has 1 aliphatic rings. The number of hydrogen-bond acceptors (Lipinski definition) is 4. The van der Waals surface area contributed by atoms with Crippen LogP contribution >= 0.6 is 0 Å². The molecule has 22 heavy (non-hydrogen) atoms. The van der Waals surface area contributed by atoms with E-state index in [-0.39, 0.29) is 0 Å². The second-order valence-corrected chi connectivity index (χ2v) is 6.27. The Morgan fingerprint density at radius 3 is 2.64 bits per heavy atom. The van der Waals surface area contributed by atoms with Crippen molar-refractivity contribution >= 4 is 17.3 Å². The molecule has 1 aromatic heterocycles. The normalized spacial score (nSPS) is 14.6. The smallest absolute Gasteiger partial charge is 0.135 e. The van der Waals surface area contributed by atoms with Gasteiger partial charge in [0, 0.05) is 24.8 Å². The SMILES string of the molecule is Cc1cccc(C(C)C)c1Nc1cc(N2CCCC2)ncn1. The molecule has 0 bridgehead atoms. The minimum Gasteiger partial charge on any atom is -0.356 e. The molecule has 0 atom stereocenters. The van der Waals surface area contributed by atoms with Crippen LogP contribution in [-0.4, -0.2) is 23.1 Å².